The van der Waals surface area contributed by atoms with E-state index in [4.69, 9.17) is 10.4 Å². The van der Waals surface area contributed by atoms with E-state index >= 15 is 0 Å². The van der Waals surface area contributed by atoms with Gasteiger partial charge in [-0.1, -0.05) is 6.92 Å². The molecule has 15 heavy (non-hydrogen) atoms. The van der Waals surface area contributed by atoms with E-state index in [9.17, 15) is 4.79 Å². The minimum Gasteiger partial charge on any atom is -0.481 e. The summed E-state index contributed by atoms with van der Waals surface area (Å²) in [5, 5.41) is 17.1. The lowest BCUT2D eigenvalue weighted by molar-refractivity contribution is -0.145. The van der Waals surface area contributed by atoms with E-state index in [1.807, 2.05) is 0 Å². The molecule has 1 heterocycles. The lowest BCUT2D eigenvalue weighted by Gasteiger charge is -2.41. The van der Waals surface area contributed by atoms with Gasteiger partial charge < -0.3 is 10.0 Å². The van der Waals surface area contributed by atoms with Crippen molar-refractivity contribution in [3.63, 3.8) is 0 Å². The van der Waals surface area contributed by atoms with Crippen molar-refractivity contribution in [1.29, 1.82) is 5.26 Å². The largest absolute Gasteiger partial charge is 0.481 e. The first-order valence-electron chi connectivity index (χ1n) is 5.47. The maximum absolute atomic E-state index is 10.7. The second-order valence-electron chi connectivity index (χ2n) is 4.26. The van der Waals surface area contributed by atoms with Gasteiger partial charge in [0.25, 0.3) is 0 Å². The van der Waals surface area contributed by atoms with Crippen molar-refractivity contribution in [3.8, 4) is 6.07 Å². The number of nitriles is 1. The predicted molar refractivity (Wildman–Crippen MR) is 56.2 cm³/mol. The van der Waals surface area contributed by atoms with E-state index in [0.717, 1.165) is 32.5 Å². The van der Waals surface area contributed by atoms with Crippen LogP contribution in [0.4, 0.5) is 0 Å². The molecule has 0 amide bonds. The molecule has 1 aliphatic heterocycles. The van der Waals surface area contributed by atoms with Gasteiger partial charge in [-0.05, 0) is 25.3 Å². The van der Waals surface area contributed by atoms with Crippen LogP contribution in [0.2, 0.25) is 0 Å². The van der Waals surface area contributed by atoms with Crippen LogP contribution in [0, 0.1) is 23.2 Å². The van der Waals surface area contributed by atoms with Gasteiger partial charge in [-0.2, -0.15) is 5.26 Å². The maximum Gasteiger partial charge on any atom is 0.306 e. The molecule has 1 N–H and O–H groups in total. The minimum absolute atomic E-state index is 0.222. The smallest absolute Gasteiger partial charge is 0.306 e. The monoisotopic (exact) mass is 210 g/mol. The third kappa shape index (κ3) is 3.52. The first-order valence-corrected chi connectivity index (χ1v) is 5.47. The summed E-state index contributed by atoms with van der Waals surface area (Å²) in [6, 6.07) is 2.12. The van der Waals surface area contributed by atoms with E-state index in [-0.39, 0.29) is 5.92 Å². The highest BCUT2D eigenvalue weighted by Gasteiger charge is 2.33. The Balaban J connectivity index is 2.05. The van der Waals surface area contributed by atoms with Crippen molar-refractivity contribution in [2.45, 2.75) is 26.2 Å². The van der Waals surface area contributed by atoms with E-state index in [2.05, 4.69) is 11.0 Å². The predicted octanol–water partition coefficient (Wildman–Crippen LogP) is 1.33. The zero-order valence-corrected chi connectivity index (χ0v) is 9.15. The number of likely N-dealkylation sites (tertiary alicyclic amines) is 1. The molecule has 84 valence electrons. The number of carboxylic acid groups (broad SMARTS) is 1. The molecular formula is C11H18N2O2. The topological polar surface area (TPSA) is 64.3 Å². The average molecular weight is 210 g/mol. The van der Waals surface area contributed by atoms with Crippen molar-refractivity contribution >= 4 is 5.97 Å². The molecule has 0 radical (unpaired) electrons. The highest BCUT2D eigenvalue weighted by atomic mass is 16.4. The summed E-state index contributed by atoms with van der Waals surface area (Å²) in [6.07, 6.45) is 2.62. The maximum atomic E-state index is 10.7. The highest BCUT2D eigenvalue weighted by molar-refractivity contribution is 5.70. The first-order chi connectivity index (χ1) is 7.15. The number of unbranched alkanes of at least 4 members (excludes halogenated alkanes) is 2. The van der Waals surface area contributed by atoms with Crippen molar-refractivity contribution in [1.82, 2.24) is 4.90 Å². The van der Waals surface area contributed by atoms with Crippen LogP contribution in [-0.2, 0) is 4.79 Å². The average Bonchev–Trinajstić information content (AvgIpc) is 2.13. The Morgan fingerprint density at radius 2 is 2.27 bits per heavy atom. The van der Waals surface area contributed by atoms with Crippen LogP contribution < -0.4 is 0 Å². The van der Waals surface area contributed by atoms with Crippen molar-refractivity contribution in [3.05, 3.63) is 0 Å². The van der Waals surface area contributed by atoms with Crippen LogP contribution in [0.15, 0.2) is 0 Å². The van der Waals surface area contributed by atoms with Gasteiger partial charge in [0.05, 0.1) is 12.0 Å². The van der Waals surface area contributed by atoms with Gasteiger partial charge in [-0.25, -0.2) is 0 Å². The lowest BCUT2D eigenvalue weighted by atomic mass is 9.87. The third-order valence-corrected chi connectivity index (χ3v) is 3.09. The fourth-order valence-electron chi connectivity index (χ4n) is 1.85. The van der Waals surface area contributed by atoms with E-state index in [1.165, 1.54) is 0 Å². The van der Waals surface area contributed by atoms with Gasteiger partial charge in [0, 0.05) is 19.5 Å². The number of rotatable bonds is 6. The first kappa shape index (κ1) is 12.0. The molecule has 1 aliphatic rings. The summed E-state index contributed by atoms with van der Waals surface area (Å²) in [5.74, 6) is -0.594. The summed E-state index contributed by atoms with van der Waals surface area (Å²) in [5.41, 5.74) is 0. The summed E-state index contributed by atoms with van der Waals surface area (Å²) >= 11 is 0. The van der Waals surface area contributed by atoms with Crippen molar-refractivity contribution < 1.29 is 9.90 Å². The Morgan fingerprint density at radius 1 is 1.60 bits per heavy atom. The third-order valence-electron chi connectivity index (χ3n) is 3.09. The molecule has 1 unspecified atom stereocenters. The molecule has 0 aromatic rings. The quantitative estimate of drug-likeness (QED) is 0.672. The molecule has 0 aromatic carbocycles. The molecular weight excluding hydrogens is 192 g/mol. The van der Waals surface area contributed by atoms with Crippen LogP contribution in [0.5, 0.6) is 0 Å². The Hall–Kier alpha value is -1.08. The molecule has 0 saturated carbocycles. The van der Waals surface area contributed by atoms with Crippen LogP contribution >= 0.6 is 0 Å². The second-order valence-corrected chi connectivity index (χ2v) is 4.26. The van der Waals surface area contributed by atoms with Crippen LogP contribution in [-0.4, -0.2) is 35.6 Å². The Labute approximate surface area is 90.5 Å². The van der Waals surface area contributed by atoms with Crippen LogP contribution in [0.1, 0.15) is 26.2 Å². The van der Waals surface area contributed by atoms with Gasteiger partial charge in [-0.3, -0.25) is 4.79 Å². The fourth-order valence-corrected chi connectivity index (χ4v) is 1.85. The molecule has 4 nitrogen and oxygen atoms in total. The zero-order valence-electron chi connectivity index (χ0n) is 9.15. The molecule has 0 bridgehead atoms. The fraction of sp³-hybridized carbons (Fsp3) is 0.818. The minimum atomic E-state index is -0.691. The summed E-state index contributed by atoms with van der Waals surface area (Å²) in [4.78, 5) is 13.0. The Kier molecular flexibility index (Phi) is 4.57. The van der Waals surface area contributed by atoms with Gasteiger partial charge >= 0.3 is 5.97 Å². The number of hydrogen-bond acceptors (Lipinski definition) is 3. The summed E-state index contributed by atoms with van der Waals surface area (Å²) in [6.45, 7) is 4.59. The van der Waals surface area contributed by atoms with Crippen molar-refractivity contribution in [2.24, 2.45) is 11.8 Å². The van der Waals surface area contributed by atoms with Gasteiger partial charge in [0.2, 0.25) is 0 Å². The molecule has 0 aliphatic carbocycles. The second kappa shape index (κ2) is 5.72. The lowest BCUT2D eigenvalue weighted by Crippen LogP contribution is -2.51. The number of hydrogen-bond donors (Lipinski definition) is 1. The SMILES string of the molecule is CC(C(=O)O)C1CN(CCCCC#N)C1. The molecule has 1 atom stereocenters. The Morgan fingerprint density at radius 3 is 2.80 bits per heavy atom. The standard InChI is InChI=1S/C11H18N2O2/c1-9(11(14)15)10-7-13(8-10)6-4-2-3-5-12/h9-10H,2-4,6-8H2,1H3,(H,14,15). The number of carbonyl (C=O) groups is 1. The number of nitrogens with zero attached hydrogens (tertiary/aromatic N) is 2. The van der Waals surface area contributed by atoms with Crippen LogP contribution in [0.3, 0.4) is 0 Å². The summed E-state index contributed by atoms with van der Waals surface area (Å²) < 4.78 is 0. The van der Waals surface area contributed by atoms with E-state index in [0.29, 0.717) is 12.3 Å². The zero-order chi connectivity index (χ0) is 11.3. The van der Waals surface area contributed by atoms with E-state index in [1.54, 1.807) is 6.92 Å². The van der Waals surface area contributed by atoms with Crippen LogP contribution in [0.25, 0.3) is 0 Å². The summed E-state index contributed by atoms with van der Waals surface area (Å²) in [7, 11) is 0. The molecule has 1 fully saturated rings. The highest BCUT2D eigenvalue weighted by Crippen LogP contribution is 2.24. The van der Waals surface area contributed by atoms with Gasteiger partial charge in [-0.15, -0.1) is 0 Å². The van der Waals surface area contributed by atoms with E-state index < -0.39 is 5.97 Å². The van der Waals surface area contributed by atoms with Crippen molar-refractivity contribution in [2.75, 3.05) is 19.6 Å². The molecule has 1 rings (SSSR count). The van der Waals surface area contributed by atoms with Gasteiger partial charge in [0.1, 0.15) is 0 Å². The Bertz CT molecular complexity index is 254. The molecule has 0 spiro atoms. The molecule has 4 heteroatoms. The molecule has 1 saturated heterocycles. The normalized spacial score (nSPS) is 19.2. The number of aliphatic carboxylic acids is 1. The number of carboxylic acids is 1. The van der Waals surface area contributed by atoms with Gasteiger partial charge in [0.15, 0.2) is 0 Å². The molecule has 0 aromatic heterocycles.